The minimum atomic E-state index is -0.0249. The van der Waals surface area contributed by atoms with Crippen LogP contribution in [0.2, 0.25) is 0 Å². The van der Waals surface area contributed by atoms with E-state index >= 15 is 0 Å². The number of hydrogen-bond acceptors (Lipinski definition) is 1. The second-order valence-electron chi connectivity index (χ2n) is 3.50. The predicted octanol–water partition coefficient (Wildman–Crippen LogP) is 2.46. The summed E-state index contributed by atoms with van der Waals surface area (Å²) in [7, 11) is -0.0249. The molecule has 0 aromatic heterocycles. The smallest absolute Gasteiger partial charge is 0.00279 e. The van der Waals surface area contributed by atoms with Gasteiger partial charge in [-0.2, -0.15) is 0 Å². The van der Waals surface area contributed by atoms with Crippen LogP contribution in [0.25, 0.3) is 0 Å². The highest BCUT2D eigenvalue weighted by Gasteiger charge is 2.29. The summed E-state index contributed by atoms with van der Waals surface area (Å²) in [6, 6.07) is 0. The Bertz CT molecular complexity index is 116. The Morgan fingerprint density at radius 3 is 1.92 bits per heavy atom. The minimum absolute atomic E-state index is 0. The van der Waals surface area contributed by atoms with Gasteiger partial charge in [0.1, 0.15) is 0 Å². The van der Waals surface area contributed by atoms with Crippen molar-refractivity contribution in [2.75, 3.05) is 36.1 Å². The van der Waals surface area contributed by atoms with Crippen LogP contribution in [-0.4, -0.2) is 36.1 Å². The van der Waals surface area contributed by atoms with E-state index in [1.165, 1.54) is 37.4 Å². The molecule has 0 atom stereocenters. The SMILES string of the molecule is C1CCS2(C1)CCNCC2.CC.[HH]. The van der Waals surface area contributed by atoms with Crippen LogP contribution in [0.3, 0.4) is 0 Å². The van der Waals surface area contributed by atoms with E-state index in [2.05, 4.69) is 5.32 Å². The molecule has 2 aliphatic rings. The van der Waals surface area contributed by atoms with E-state index in [-0.39, 0.29) is 11.5 Å². The first-order valence-electron chi connectivity index (χ1n) is 5.36. The molecular weight excluding hydrogens is 166 g/mol. The fourth-order valence-corrected chi connectivity index (χ4v) is 6.14. The molecule has 0 amide bonds. The lowest BCUT2D eigenvalue weighted by Crippen LogP contribution is -2.34. The molecule has 2 saturated heterocycles. The van der Waals surface area contributed by atoms with Gasteiger partial charge in [0.05, 0.1) is 0 Å². The van der Waals surface area contributed by atoms with E-state index in [1.807, 2.05) is 13.8 Å². The molecule has 2 heterocycles. The summed E-state index contributed by atoms with van der Waals surface area (Å²) in [5, 5.41) is 3.46. The maximum Gasteiger partial charge on any atom is 0.00279 e. The van der Waals surface area contributed by atoms with Crippen LogP contribution in [0.4, 0.5) is 0 Å². The maximum atomic E-state index is 3.46. The zero-order valence-corrected chi connectivity index (χ0v) is 9.38. The highest BCUT2D eigenvalue weighted by atomic mass is 32.3. The molecule has 0 unspecified atom stereocenters. The van der Waals surface area contributed by atoms with Crippen molar-refractivity contribution < 1.29 is 1.43 Å². The lowest BCUT2D eigenvalue weighted by molar-refractivity contribution is 0.747. The Kier molecular flexibility index (Phi) is 4.44. The topological polar surface area (TPSA) is 12.0 Å². The molecule has 2 rings (SSSR count). The van der Waals surface area contributed by atoms with E-state index in [4.69, 9.17) is 0 Å². The Morgan fingerprint density at radius 2 is 1.42 bits per heavy atom. The lowest BCUT2D eigenvalue weighted by Gasteiger charge is -2.39. The zero-order chi connectivity index (χ0) is 8.86. The van der Waals surface area contributed by atoms with Crippen molar-refractivity contribution in [3.05, 3.63) is 0 Å². The molecule has 2 heteroatoms. The summed E-state index contributed by atoms with van der Waals surface area (Å²) in [5.74, 6) is 6.28. The predicted molar refractivity (Wildman–Crippen MR) is 62.6 cm³/mol. The van der Waals surface area contributed by atoms with Gasteiger partial charge in [0.25, 0.3) is 0 Å². The third kappa shape index (κ3) is 2.40. The first-order valence-corrected chi connectivity index (χ1v) is 7.67. The van der Waals surface area contributed by atoms with Gasteiger partial charge in [0, 0.05) is 14.5 Å². The summed E-state index contributed by atoms with van der Waals surface area (Å²) in [5.41, 5.74) is 0. The first-order chi connectivity index (χ1) is 5.91. The Labute approximate surface area is 80.1 Å². The third-order valence-corrected chi connectivity index (χ3v) is 7.28. The standard InChI is InChI=1S/C8H17NS.C2H6.H2/c1-2-6-10(5-1)7-3-9-4-8-10;1-2;/h9H,1-8H2;1-2H3;1H. The highest BCUT2D eigenvalue weighted by Crippen LogP contribution is 2.53. The molecule has 2 fully saturated rings. The number of hydrogen-bond donors (Lipinski definition) is 1. The van der Waals surface area contributed by atoms with Gasteiger partial charge in [0.15, 0.2) is 0 Å². The van der Waals surface area contributed by atoms with Gasteiger partial charge in [-0.1, -0.05) is 13.8 Å². The molecule has 0 aliphatic carbocycles. The van der Waals surface area contributed by atoms with Crippen molar-refractivity contribution in [1.29, 1.82) is 0 Å². The minimum Gasteiger partial charge on any atom is -0.315 e. The first kappa shape index (κ1) is 10.4. The Hall–Kier alpha value is 0.310. The van der Waals surface area contributed by atoms with Gasteiger partial charge in [-0.05, 0) is 35.9 Å². The molecule has 76 valence electrons. The Balaban J connectivity index is 0.000000451. The van der Waals surface area contributed by atoms with Crippen molar-refractivity contribution in [2.24, 2.45) is 0 Å². The van der Waals surface area contributed by atoms with E-state index in [0.29, 0.717) is 0 Å². The van der Waals surface area contributed by atoms with Gasteiger partial charge in [-0.15, -0.1) is 0 Å². The Morgan fingerprint density at radius 1 is 0.917 bits per heavy atom. The van der Waals surface area contributed by atoms with Gasteiger partial charge < -0.3 is 5.32 Å². The second kappa shape index (κ2) is 5.13. The number of nitrogens with one attached hydrogen (secondary N) is 1. The van der Waals surface area contributed by atoms with Crippen LogP contribution in [0.15, 0.2) is 0 Å². The van der Waals surface area contributed by atoms with Gasteiger partial charge in [0.2, 0.25) is 0 Å². The summed E-state index contributed by atoms with van der Waals surface area (Å²) >= 11 is 0. The fraction of sp³-hybridized carbons (Fsp3) is 1.00. The van der Waals surface area contributed by atoms with Crippen molar-refractivity contribution in [3.63, 3.8) is 0 Å². The van der Waals surface area contributed by atoms with Gasteiger partial charge in [-0.25, -0.2) is 10.0 Å². The maximum absolute atomic E-state index is 3.46. The molecule has 0 aromatic carbocycles. The van der Waals surface area contributed by atoms with Crippen LogP contribution >= 0.6 is 10.0 Å². The summed E-state index contributed by atoms with van der Waals surface area (Å²) in [6.45, 7) is 6.63. The number of rotatable bonds is 0. The zero-order valence-electron chi connectivity index (χ0n) is 8.57. The van der Waals surface area contributed by atoms with Gasteiger partial charge >= 0.3 is 0 Å². The molecule has 2 aliphatic heterocycles. The van der Waals surface area contributed by atoms with E-state index in [1.54, 1.807) is 11.5 Å². The molecule has 0 aromatic rings. The molecule has 1 N–H and O–H groups in total. The van der Waals surface area contributed by atoms with Crippen molar-refractivity contribution in [2.45, 2.75) is 26.7 Å². The fourth-order valence-electron chi connectivity index (χ4n) is 2.13. The van der Waals surface area contributed by atoms with Crippen LogP contribution in [0, 0.1) is 0 Å². The van der Waals surface area contributed by atoms with Crippen molar-refractivity contribution in [3.8, 4) is 0 Å². The molecule has 0 radical (unpaired) electrons. The molecule has 12 heavy (non-hydrogen) atoms. The molecular formula is C10H25NS. The van der Waals surface area contributed by atoms with Crippen molar-refractivity contribution in [1.82, 2.24) is 5.32 Å². The van der Waals surface area contributed by atoms with E-state index in [9.17, 15) is 0 Å². The molecule has 1 spiro atoms. The average Bonchev–Trinajstić information content (AvgIpc) is 2.58. The summed E-state index contributed by atoms with van der Waals surface area (Å²) in [4.78, 5) is 0. The van der Waals surface area contributed by atoms with Crippen LogP contribution in [-0.2, 0) is 0 Å². The highest BCUT2D eigenvalue weighted by molar-refractivity contribution is 8.33. The van der Waals surface area contributed by atoms with Crippen LogP contribution < -0.4 is 5.32 Å². The van der Waals surface area contributed by atoms with Crippen LogP contribution in [0.1, 0.15) is 28.1 Å². The molecule has 1 nitrogen and oxygen atoms in total. The normalized spacial score (nSPS) is 29.2. The third-order valence-electron chi connectivity index (χ3n) is 2.83. The molecule has 0 bridgehead atoms. The average molecular weight is 191 g/mol. The second-order valence-corrected chi connectivity index (χ2v) is 7.58. The van der Waals surface area contributed by atoms with E-state index in [0.717, 1.165) is 0 Å². The van der Waals surface area contributed by atoms with Crippen LogP contribution in [0.5, 0.6) is 0 Å². The van der Waals surface area contributed by atoms with E-state index < -0.39 is 0 Å². The monoisotopic (exact) mass is 191 g/mol. The largest absolute Gasteiger partial charge is 0.315 e. The van der Waals surface area contributed by atoms with Crippen molar-refractivity contribution >= 4 is 10.0 Å². The summed E-state index contributed by atoms with van der Waals surface area (Å²) in [6.07, 6.45) is 3.07. The lowest BCUT2D eigenvalue weighted by atomic mass is 10.4. The summed E-state index contributed by atoms with van der Waals surface area (Å²) < 4.78 is 0. The molecule has 0 saturated carbocycles. The quantitative estimate of drug-likeness (QED) is 0.620. The van der Waals surface area contributed by atoms with Gasteiger partial charge in [-0.3, -0.25) is 0 Å².